The van der Waals surface area contributed by atoms with Gasteiger partial charge in [-0.2, -0.15) is 0 Å². The van der Waals surface area contributed by atoms with Crippen molar-refractivity contribution in [2.24, 2.45) is 0 Å². The number of piperazine rings is 1. The zero-order valence-corrected chi connectivity index (χ0v) is 12.6. The van der Waals surface area contributed by atoms with Crippen molar-refractivity contribution in [3.8, 4) is 0 Å². The molecule has 110 valence electrons. The first-order valence-electron chi connectivity index (χ1n) is 7.51. The number of amides is 1. The lowest BCUT2D eigenvalue weighted by atomic mass is 10.2. The standard InChI is InChI=1S/C16H25N3O/c1-3-18(15-6-4-5-14(2)13-15)10-7-16(20)19-11-8-17-9-12-19/h4-6,13,17H,3,7-12H2,1-2H3. The van der Waals surface area contributed by atoms with E-state index in [9.17, 15) is 4.79 Å². The highest BCUT2D eigenvalue weighted by molar-refractivity contribution is 5.77. The highest BCUT2D eigenvalue weighted by Gasteiger charge is 2.16. The van der Waals surface area contributed by atoms with Crippen molar-refractivity contribution in [3.63, 3.8) is 0 Å². The average molecular weight is 275 g/mol. The third-order valence-corrected chi connectivity index (χ3v) is 3.81. The average Bonchev–Trinajstić information content (AvgIpc) is 2.48. The van der Waals surface area contributed by atoms with Gasteiger partial charge in [-0.05, 0) is 31.5 Å². The zero-order valence-electron chi connectivity index (χ0n) is 12.6. The molecule has 1 fully saturated rings. The molecule has 20 heavy (non-hydrogen) atoms. The van der Waals surface area contributed by atoms with E-state index < -0.39 is 0 Å². The number of nitrogens with zero attached hydrogens (tertiary/aromatic N) is 2. The van der Waals surface area contributed by atoms with Gasteiger partial charge in [0.15, 0.2) is 0 Å². The maximum Gasteiger partial charge on any atom is 0.224 e. The summed E-state index contributed by atoms with van der Waals surface area (Å²) in [4.78, 5) is 16.4. The molecule has 4 heteroatoms. The molecule has 1 heterocycles. The molecule has 0 atom stereocenters. The van der Waals surface area contributed by atoms with Gasteiger partial charge in [-0.3, -0.25) is 4.79 Å². The molecule has 0 saturated carbocycles. The smallest absolute Gasteiger partial charge is 0.224 e. The van der Waals surface area contributed by atoms with Crippen LogP contribution in [0.25, 0.3) is 0 Å². The van der Waals surface area contributed by atoms with Crippen molar-refractivity contribution in [2.75, 3.05) is 44.2 Å². The first-order chi connectivity index (χ1) is 9.70. The first kappa shape index (κ1) is 14.9. The lowest BCUT2D eigenvalue weighted by molar-refractivity contribution is -0.131. The van der Waals surface area contributed by atoms with Gasteiger partial charge in [0.1, 0.15) is 0 Å². The molecular formula is C16H25N3O. The van der Waals surface area contributed by atoms with E-state index >= 15 is 0 Å². The topological polar surface area (TPSA) is 35.6 Å². The Labute approximate surface area is 121 Å². The van der Waals surface area contributed by atoms with Crippen LogP contribution in [0.2, 0.25) is 0 Å². The van der Waals surface area contributed by atoms with Gasteiger partial charge < -0.3 is 15.1 Å². The molecule has 1 aliphatic heterocycles. The van der Waals surface area contributed by atoms with Crippen LogP contribution in [0.5, 0.6) is 0 Å². The number of carbonyl (C=O) groups excluding carboxylic acids is 1. The summed E-state index contributed by atoms with van der Waals surface area (Å²) in [5.74, 6) is 0.276. The second-order valence-electron chi connectivity index (χ2n) is 5.30. The number of aryl methyl sites for hydroxylation is 1. The minimum absolute atomic E-state index is 0.276. The maximum atomic E-state index is 12.2. The van der Waals surface area contributed by atoms with E-state index in [2.05, 4.69) is 48.3 Å². The van der Waals surface area contributed by atoms with Crippen LogP contribution in [0.4, 0.5) is 5.69 Å². The number of hydrogen-bond acceptors (Lipinski definition) is 3. The van der Waals surface area contributed by atoms with Crippen LogP contribution in [0, 0.1) is 6.92 Å². The Kier molecular flexibility index (Phi) is 5.41. The quantitative estimate of drug-likeness (QED) is 0.887. The molecule has 2 rings (SSSR count). The third kappa shape index (κ3) is 3.97. The third-order valence-electron chi connectivity index (χ3n) is 3.81. The molecule has 1 aromatic rings. The Bertz CT molecular complexity index is 441. The molecule has 0 bridgehead atoms. The van der Waals surface area contributed by atoms with Gasteiger partial charge in [0.2, 0.25) is 5.91 Å². The number of anilines is 1. The normalized spacial score (nSPS) is 15.2. The Morgan fingerprint density at radius 1 is 1.35 bits per heavy atom. The van der Waals surface area contributed by atoms with Gasteiger partial charge in [-0.1, -0.05) is 12.1 Å². The van der Waals surface area contributed by atoms with E-state index in [1.165, 1.54) is 11.3 Å². The van der Waals surface area contributed by atoms with Crippen LogP contribution in [-0.2, 0) is 4.79 Å². The van der Waals surface area contributed by atoms with Gasteiger partial charge in [0.05, 0.1) is 0 Å². The first-order valence-corrected chi connectivity index (χ1v) is 7.51. The fourth-order valence-electron chi connectivity index (χ4n) is 2.60. The highest BCUT2D eigenvalue weighted by atomic mass is 16.2. The molecule has 4 nitrogen and oxygen atoms in total. The van der Waals surface area contributed by atoms with Crippen molar-refractivity contribution >= 4 is 11.6 Å². The Balaban J connectivity index is 1.88. The van der Waals surface area contributed by atoms with Crippen LogP contribution >= 0.6 is 0 Å². The number of rotatable bonds is 5. The van der Waals surface area contributed by atoms with Gasteiger partial charge in [-0.25, -0.2) is 0 Å². The van der Waals surface area contributed by atoms with E-state index in [4.69, 9.17) is 0 Å². The summed E-state index contributed by atoms with van der Waals surface area (Å²) in [5, 5.41) is 3.27. The largest absolute Gasteiger partial charge is 0.371 e. The predicted octanol–water partition coefficient (Wildman–Crippen LogP) is 1.64. The minimum atomic E-state index is 0.276. The molecule has 0 aliphatic carbocycles. The van der Waals surface area contributed by atoms with E-state index in [1.807, 2.05) is 4.90 Å². The van der Waals surface area contributed by atoms with Gasteiger partial charge in [0, 0.05) is 51.4 Å². The summed E-state index contributed by atoms with van der Waals surface area (Å²) in [6, 6.07) is 8.47. The van der Waals surface area contributed by atoms with Crippen molar-refractivity contribution in [1.82, 2.24) is 10.2 Å². The Hall–Kier alpha value is -1.55. The molecule has 0 unspecified atom stereocenters. The Morgan fingerprint density at radius 2 is 2.10 bits per heavy atom. The molecule has 1 saturated heterocycles. The van der Waals surface area contributed by atoms with Crippen LogP contribution in [-0.4, -0.2) is 50.1 Å². The number of nitrogens with one attached hydrogen (secondary N) is 1. The van der Waals surface area contributed by atoms with Crippen molar-refractivity contribution in [3.05, 3.63) is 29.8 Å². The molecular weight excluding hydrogens is 250 g/mol. The SMILES string of the molecule is CCN(CCC(=O)N1CCNCC1)c1cccc(C)c1. The number of carbonyl (C=O) groups is 1. The molecule has 0 aromatic heterocycles. The van der Waals surface area contributed by atoms with Crippen molar-refractivity contribution in [1.29, 1.82) is 0 Å². The van der Waals surface area contributed by atoms with Crippen LogP contribution in [0.1, 0.15) is 18.9 Å². The summed E-state index contributed by atoms with van der Waals surface area (Å²) < 4.78 is 0. The Morgan fingerprint density at radius 3 is 2.75 bits per heavy atom. The highest BCUT2D eigenvalue weighted by Crippen LogP contribution is 2.16. The summed E-state index contributed by atoms with van der Waals surface area (Å²) in [6.45, 7) is 9.48. The molecule has 1 amide bonds. The minimum Gasteiger partial charge on any atom is -0.371 e. The second kappa shape index (κ2) is 7.29. The van der Waals surface area contributed by atoms with Gasteiger partial charge in [0.25, 0.3) is 0 Å². The summed E-state index contributed by atoms with van der Waals surface area (Å²) in [6.07, 6.45) is 0.599. The molecule has 1 aromatic carbocycles. The lowest BCUT2D eigenvalue weighted by Crippen LogP contribution is -2.47. The van der Waals surface area contributed by atoms with E-state index in [0.29, 0.717) is 6.42 Å². The fraction of sp³-hybridized carbons (Fsp3) is 0.562. The van der Waals surface area contributed by atoms with E-state index in [0.717, 1.165) is 39.3 Å². The summed E-state index contributed by atoms with van der Waals surface area (Å²) >= 11 is 0. The monoisotopic (exact) mass is 275 g/mol. The summed E-state index contributed by atoms with van der Waals surface area (Å²) in [7, 11) is 0. The van der Waals surface area contributed by atoms with Gasteiger partial charge >= 0.3 is 0 Å². The second-order valence-corrected chi connectivity index (χ2v) is 5.30. The predicted molar refractivity (Wildman–Crippen MR) is 83.1 cm³/mol. The van der Waals surface area contributed by atoms with Gasteiger partial charge in [-0.15, -0.1) is 0 Å². The van der Waals surface area contributed by atoms with E-state index in [1.54, 1.807) is 0 Å². The summed E-state index contributed by atoms with van der Waals surface area (Å²) in [5.41, 5.74) is 2.47. The van der Waals surface area contributed by atoms with Crippen LogP contribution in [0.15, 0.2) is 24.3 Å². The fourth-order valence-corrected chi connectivity index (χ4v) is 2.60. The lowest BCUT2D eigenvalue weighted by Gasteiger charge is -2.29. The maximum absolute atomic E-state index is 12.2. The number of hydrogen-bond donors (Lipinski definition) is 1. The molecule has 0 radical (unpaired) electrons. The van der Waals surface area contributed by atoms with Crippen molar-refractivity contribution < 1.29 is 4.79 Å². The van der Waals surface area contributed by atoms with Crippen LogP contribution in [0.3, 0.4) is 0 Å². The molecule has 1 aliphatic rings. The number of benzene rings is 1. The van der Waals surface area contributed by atoms with Crippen LogP contribution < -0.4 is 10.2 Å². The molecule has 0 spiro atoms. The molecule has 1 N–H and O–H groups in total. The van der Waals surface area contributed by atoms with Crippen molar-refractivity contribution in [2.45, 2.75) is 20.3 Å². The van der Waals surface area contributed by atoms with E-state index in [-0.39, 0.29) is 5.91 Å². The zero-order chi connectivity index (χ0) is 14.4.